The van der Waals surface area contributed by atoms with Crippen LogP contribution in [0.25, 0.3) is 0 Å². The molecule has 3 aromatic heterocycles. The number of furan rings is 1. The number of likely N-dealkylation sites (tertiary alicyclic amines) is 1. The van der Waals surface area contributed by atoms with Gasteiger partial charge in [-0.15, -0.1) is 10.2 Å². The average Bonchev–Trinajstić information content (AvgIpc) is 3.42. The Morgan fingerprint density at radius 1 is 1.25 bits per heavy atom. The number of aryl methyl sites for hydroxylation is 2. The lowest BCUT2D eigenvalue weighted by molar-refractivity contribution is 0.0708. The van der Waals surface area contributed by atoms with Crippen molar-refractivity contribution in [1.82, 2.24) is 34.4 Å². The van der Waals surface area contributed by atoms with E-state index >= 15 is 0 Å². The maximum Gasteiger partial charge on any atom is 0.257 e. The van der Waals surface area contributed by atoms with Gasteiger partial charge in [-0.05, 0) is 39.7 Å². The van der Waals surface area contributed by atoms with Crippen LogP contribution in [0.3, 0.4) is 0 Å². The Balaban J connectivity index is 1.44. The van der Waals surface area contributed by atoms with Gasteiger partial charge in [0.15, 0.2) is 5.82 Å². The van der Waals surface area contributed by atoms with Crippen molar-refractivity contribution in [1.29, 1.82) is 0 Å². The number of hydrogen-bond donors (Lipinski definition) is 0. The largest absolute Gasteiger partial charge is 0.466 e. The summed E-state index contributed by atoms with van der Waals surface area (Å²) in [6.07, 6.45) is 4.95. The molecular weight excluding hydrogens is 358 g/mol. The zero-order valence-electron chi connectivity index (χ0n) is 16.5. The Morgan fingerprint density at radius 2 is 2.04 bits per heavy atom. The van der Waals surface area contributed by atoms with Gasteiger partial charge in [-0.2, -0.15) is 5.10 Å². The van der Waals surface area contributed by atoms with Crippen molar-refractivity contribution in [3.05, 3.63) is 47.5 Å². The lowest BCUT2D eigenvalue weighted by Gasteiger charge is -2.31. The van der Waals surface area contributed by atoms with Gasteiger partial charge < -0.3 is 13.9 Å². The molecule has 9 nitrogen and oxygen atoms in total. The third-order valence-corrected chi connectivity index (χ3v) is 5.36. The summed E-state index contributed by atoms with van der Waals surface area (Å²) >= 11 is 0. The predicted molar refractivity (Wildman–Crippen MR) is 101 cm³/mol. The molecule has 28 heavy (non-hydrogen) atoms. The Bertz CT molecular complexity index is 949. The summed E-state index contributed by atoms with van der Waals surface area (Å²) in [7, 11) is 0. The molecule has 9 heteroatoms. The van der Waals surface area contributed by atoms with Crippen LogP contribution in [0.2, 0.25) is 0 Å². The van der Waals surface area contributed by atoms with Gasteiger partial charge in [0.1, 0.15) is 36.5 Å². The van der Waals surface area contributed by atoms with Crippen LogP contribution in [-0.2, 0) is 13.1 Å². The van der Waals surface area contributed by atoms with Crippen LogP contribution >= 0.6 is 0 Å². The highest BCUT2D eigenvalue weighted by Gasteiger charge is 2.29. The Kier molecular flexibility index (Phi) is 4.97. The van der Waals surface area contributed by atoms with Crippen molar-refractivity contribution in [2.24, 2.45) is 0 Å². The maximum absolute atomic E-state index is 12.8. The number of nitrogens with zero attached hydrogens (tertiary/aromatic N) is 7. The summed E-state index contributed by atoms with van der Waals surface area (Å²) in [5.41, 5.74) is 0.669. The molecule has 0 spiro atoms. The molecule has 148 valence electrons. The van der Waals surface area contributed by atoms with Crippen LogP contribution in [0, 0.1) is 13.8 Å². The highest BCUT2D eigenvalue weighted by atomic mass is 16.3. The monoisotopic (exact) mass is 383 g/mol. The Labute approximate surface area is 163 Å². The van der Waals surface area contributed by atoms with E-state index < -0.39 is 0 Å². The van der Waals surface area contributed by atoms with Crippen molar-refractivity contribution < 1.29 is 9.21 Å². The zero-order valence-corrected chi connectivity index (χ0v) is 16.5. The van der Waals surface area contributed by atoms with E-state index in [1.807, 2.05) is 24.8 Å². The molecule has 1 aliphatic rings. The molecule has 4 heterocycles. The standard InChI is InChI=1S/C19H25N7O2/c1-4-26-17(10-25-12-20-11-21-25)22-23-18(26)15-5-7-24(8-6-15)19(27)16-9-13(2)28-14(16)3/h9,11-12,15H,4-8,10H2,1-3H3. The molecule has 3 aromatic rings. The Morgan fingerprint density at radius 3 is 2.64 bits per heavy atom. The van der Waals surface area contributed by atoms with E-state index in [1.165, 1.54) is 6.33 Å². The van der Waals surface area contributed by atoms with E-state index in [0.717, 1.165) is 36.8 Å². The number of hydrogen-bond acceptors (Lipinski definition) is 6. The average molecular weight is 383 g/mol. The third kappa shape index (κ3) is 3.44. The molecule has 0 aliphatic carbocycles. The summed E-state index contributed by atoms with van der Waals surface area (Å²) in [5, 5.41) is 13.0. The van der Waals surface area contributed by atoms with Crippen LogP contribution in [0.15, 0.2) is 23.1 Å². The first-order chi connectivity index (χ1) is 13.6. The molecule has 0 bridgehead atoms. The molecule has 1 amide bonds. The molecule has 1 saturated heterocycles. The van der Waals surface area contributed by atoms with Gasteiger partial charge in [-0.3, -0.25) is 4.79 Å². The molecule has 1 aliphatic heterocycles. The second kappa shape index (κ2) is 7.57. The molecule has 4 rings (SSSR count). The van der Waals surface area contributed by atoms with Gasteiger partial charge in [0, 0.05) is 25.6 Å². The van der Waals surface area contributed by atoms with Crippen LogP contribution in [0.1, 0.15) is 59.2 Å². The fourth-order valence-corrected chi connectivity index (χ4v) is 3.93. The highest BCUT2D eigenvalue weighted by molar-refractivity contribution is 5.95. The fourth-order valence-electron chi connectivity index (χ4n) is 3.93. The van der Waals surface area contributed by atoms with Crippen LogP contribution < -0.4 is 0 Å². The summed E-state index contributed by atoms with van der Waals surface area (Å²) in [4.78, 5) is 18.7. The van der Waals surface area contributed by atoms with E-state index in [9.17, 15) is 4.79 Å². The lowest BCUT2D eigenvalue weighted by Crippen LogP contribution is -2.38. The molecule has 0 unspecified atom stereocenters. The third-order valence-electron chi connectivity index (χ3n) is 5.36. The maximum atomic E-state index is 12.8. The number of aromatic nitrogens is 6. The van der Waals surface area contributed by atoms with Gasteiger partial charge in [0.05, 0.1) is 5.56 Å². The molecular formula is C19H25N7O2. The first kappa shape index (κ1) is 18.4. The Hall–Kier alpha value is -2.97. The first-order valence-corrected chi connectivity index (χ1v) is 9.67. The molecule has 1 fully saturated rings. The van der Waals surface area contributed by atoms with Gasteiger partial charge >= 0.3 is 0 Å². The van der Waals surface area contributed by atoms with Crippen molar-refractivity contribution in [2.45, 2.75) is 52.6 Å². The van der Waals surface area contributed by atoms with Crippen LogP contribution in [-0.4, -0.2) is 53.4 Å². The fraction of sp³-hybridized carbons (Fsp3) is 0.526. The number of amides is 1. The number of carbonyl (C=O) groups excluding carboxylic acids is 1. The van der Waals surface area contributed by atoms with Crippen LogP contribution in [0.4, 0.5) is 0 Å². The zero-order chi connectivity index (χ0) is 19.7. The summed E-state index contributed by atoms with van der Waals surface area (Å²) < 4.78 is 9.42. The second-order valence-corrected chi connectivity index (χ2v) is 7.21. The van der Waals surface area contributed by atoms with E-state index in [1.54, 1.807) is 11.0 Å². The van der Waals surface area contributed by atoms with Crippen molar-refractivity contribution in [2.75, 3.05) is 13.1 Å². The summed E-state index contributed by atoms with van der Waals surface area (Å²) in [6.45, 7) is 8.58. The summed E-state index contributed by atoms with van der Waals surface area (Å²) in [5.74, 6) is 3.69. The predicted octanol–water partition coefficient (Wildman–Crippen LogP) is 2.17. The molecule has 0 N–H and O–H groups in total. The van der Waals surface area contributed by atoms with Crippen LogP contribution in [0.5, 0.6) is 0 Å². The van der Waals surface area contributed by atoms with E-state index in [0.29, 0.717) is 36.9 Å². The van der Waals surface area contributed by atoms with E-state index in [2.05, 4.69) is 31.8 Å². The van der Waals surface area contributed by atoms with E-state index in [4.69, 9.17) is 4.42 Å². The number of piperidine rings is 1. The summed E-state index contributed by atoms with van der Waals surface area (Å²) in [6, 6.07) is 1.83. The van der Waals surface area contributed by atoms with Crippen molar-refractivity contribution >= 4 is 5.91 Å². The van der Waals surface area contributed by atoms with Gasteiger partial charge in [0.2, 0.25) is 0 Å². The molecule has 0 radical (unpaired) electrons. The van der Waals surface area contributed by atoms with Crippen molar-refractivity contribution in [3.63, 3.8) is 0 Å². The smallest absolute Gasteiger partial charge is 0.257 e. The minimum atomic E-state index is 0.0524. The second-order valence-electron chi connectivity index (χ2n) is 7.21. The highest BCUT2D eigenvalue weighted by Crippen LogP contribution is 2.29. The van der Waals surface area contributed by atoms with Gasteiger partial charge in [-0.25, -0.2) is 9.67 Å². The lowest BCUT2D eigenvalue weighted by atomic mass is 9.95. The topological polar surface area (TPSA) is 94.9 Å². The number of carbonyl (C=O) groups is 1. The minimum Gasteiger partial charge on any atom is -0.466 e. The molecule has 0 aromatic carbocycles. The van der Waals surface area contributed by atoms with Gasteiger partial charge in [0.25, 0.3) is 5.91 Å². The normalized spacial score (nSPS) is 15.3. The quantitative estimate of drug-likeness (QED) is 0.670. The first-order valence-electron chi connectivity index (χ1n) is 9.67. The molecule has 0 saturated carbocycles. The van der Waals surface area contributed by atoms with Gasteiger partial charge in [-0.1, -0.05) is 0 Å². The SMILES string of the molecule is CCn1c(Cn2cncn2)nnc1C1CCN(C(=O)c2cc(C)oc2C)CC1. The van der Waals surface area contributed by atoms with E-state index in [-0.39, 0.29) is 5.91 Å². The molecule has 0 atom stereocenters. The number of rotatable bonds is 5. The van der Waals surface area contributed by atoms with Crippen molar-refractivity contribution in [3.8, 4) is 0 Å². The minimum absolute atomic E-state index is 0.0524.